The Labute approximate surface area is 118 Å². The Kier molecular flexibility index (Phi) is 7.06. The van der Waals surface area contributed by atoms with Gasteiger partial charge in [-0.05, 0) is 30.7 Å². The van der Waals surface area contributed by atoms with Crippen molar-refractivity contribution in [2.24, 2.45) is 0 Å². The molecular formula is C15H19NO4. The van der Waals surface area contributed by atoms with Crippen LogP contribution in [0.2, 0.25) is 0 Å². The van der Waals surface area contributed by atoms with Gasteiger partial charge in [0.25, 0.3) is 5.91 Å². The zero-order valence-corrected chi connectivity index (χ0v) is 11.7. The van der Waals surface area contributed by atoms with Gasteiger partial charge in [-0.3, -0.25) is 9.59 Å². The molecule has 0 unspecified atom stereocenters. The lowest BCUT2D eigenvalue weighted by molar-refractivity contribution is -0.123. The van der Waals surface area contributed by atoms with Crippen LogP contribution in [0.3, 0.4) is 0 Å². The van der Waals surface area contributed by atoms with E-state index in [1.807, 2.05) is 6.07 Å². The minimum Gasteiger partial charge on any atom is -0.484 e. The van der Waals surface area contributed by atoms with Gasteiger partial charge in [-0.25, -0.2) is 0 Å². The largest absolute Gasteiger partial charge is 0.484 e. The highest BCUT2D eigenvalue weighted by Crippen LogP contribution is 2.14. The van der Waals surface area contributed by atoms with Crippen LogP contribution in [0.4, 0.5) is 0 Å². The number of nitrogens with one attached hydrogen (secondary N) is 1. The molecule has 1 N–H and O–H groups in total. The Morgan fingerprint density at radius 1 is 1.35 bits per heavy atom. The summed E-state index contributed by atoms with van der Waals surface area (Å²) in [5.74, 6) is 0.359. The number of ether oxygens (including phenoxy) is 2. The fourth-order valence-corrected chi connectivity index (χ4v) is 1.41. The zero-order valence-electron chi connectivity index (χ0n) is 11.7. The first-order chi connectivity index (χ1) is 9.61. The van der Waals surface area contributed by atoms with Gasteiger partial charge in [-0.15, -0.1) is 0 Å². The molecule has 0 aromatic heterocycles. The van der Waals surface area contributed by atoms with Gasteiger partial charge in [0, 0.05) is 13.7 Å². The molecule has 0 atom stereocenters. The molecule has 0 aliphatic carbocycles. The summed E-state index contributed by atoms with van der Waals surface area (Å²) in [6.45, 7) is 2.36. The van der Waals surface area contributed by atoms with Crippen LogP contribution in [0.1, 0.15) is 12.5 Å². The number of ketones is 1. The van der Waals surface area contributed by atoms with Gasteiger partial charge in [0.2, 0.25) is 0 Å². The predicted octanol–water partition coefficient (Wildman–Crippen LogP) is 1.43. The van der Waals surface area contributed by atoms with Crippen LogP contribution >= 0.6 is 0 Å². The van der Waals surface area contributed by atoms with Crippen LogP contribution in [-0.4, -0.2) is 38.6 Å². The van der Waals surface area contributed by atoms with Crippen LogP contribution in [0.25, 0.3) is 6.08 Å². The van der Waals surface area contributed by atoms with E-state index in [9.17, 15) is 9.59 Å². The first kappa shape index (κ1) is 15.9. The van der Waals surface area contributed by atoms with E-state index >= 15 is 0 Å². The molecule has 0 fully saturated rings. The maximum Gasteiger partial charge on any atom is 0.258 e. The molecule has 1 rings (SSSR count). The number of allylic oxidation sites excluding steroid dienone is 1. The van der Waals surface area contributed by atoms with E-state index in [0.29, 0.717) is 18.9 Å². The number of amides is 1. The third-order valence-electron chi connectivity index (χ3n) is 2.37. The highest BCUT2D eigenvalue weighted by molar-refractivity contribution is 5.91. The van der Waals surface area contributed by atoms with Crippen molar-refractivity contribution in [3.05, 3.63) is 35.9 Å². The number of methoxy groups -OCH3 is 1. The molecule has 1 aromatic rings. The summed E-state index contributed by atoms with van der Waals surface area (Å²) in [6, 6.07) is 7.18. The van der Waals surface area contributed by atoms with Gasteiger partial charge in [0.15, 0.2) is 12.4 Å². The third kappa shape index (κ3) is 6.70. The average molecular weight is 277 g/mol. The molecule has 1 aromatic carbocycles. The van der Waals surface area contributed by atoms with Crippen LogP contribution < -0.4 is 10.1 Å². The molecule has 0 spiro atoms. The van der Waals surface area contributed by atoms with Crippen molar-refractivity contribution in [2.45, 2.75) is 6.92 Å². The van der Waals surface area contributed by atoms with Gasteiger partial charge in [0.1, 0.15) is 5.75 Å². The highest BCUT2D eigenvalue weighted by atomic mass is 16.5. The maximum absolute atomic E-state index is 11.4. The minimum atomic E-state index is -0.202. The summed E-state index contributed by atoms with van der Waals surface area (Å²) in [5, 5.41) is 2.66. The van der Waals surface area contributed by atoms with Gasteiger partial charge in [0.05, 0.1) is 6.61 Å². The summed E-state index contributed by atoms with van der Waals surface area (Å²) >= 11 is 0. The molecule has 20 heavy (non-hydrogen) atoms. The van der Waals surface area contributed by atoms with Crippen LogP contribution in [-0.2, 0) is 14.3 Å². The summed E-state index contributed by atoms with van der Waals surface area (Å²) < 4.78 is 10.2. The Bertz CT molecular complexity index is 483. The van der Waals surface area contributed by atoms with Gasteiger partial charge in [-0.2, -0.15) is 0 Å². The smallest absolute Gasteiger partial charge is 0.258 e. The van der Waals surface area contributed by atoms with E-state index < -0.39 is 0 Å². The number of carbonyl (C=O) groups is 2. The molecule has 0 radical (unpaired) electrons. The Morgan fingerprint density at radius 3 is 2.85 bits per heavy atom. The van der Waals surface area contributed by atoms with Gasteiger partial charge >= 0.3 is 0 Å². The van der Waals surface area contributed by atoms with Crippen molar-refractivity contribution < 1.29 is 19.1 Å². The molecule has 0 aliphatic rings. The number of benzene rings is 1. The number of rotatable bonds is 8. The minimum absolute atomic E-state index is 0.0196. The van der Waals surface area contributed by atoms with Crippen molar-refractivity contribution in [1.29, 1.82) is 0 Å². The van der Waals surface area contributed by atoms with Crippen molar-refractivity contribution >= 4 is 17.8 Å². The van der Waals surface area contributed by atoms with Crippen LogP contribution in [0.5, 0.6) is 5.75 Å². The SMILES string of the molecule is COCCNC(=O)COc1cccc(/C=C/C(C)=O)c1. The molecular weight excluding hydrogens is 258 g/mol. The van der Waals surface area contributed by atoms with E-state index in [4.69, 9.17) is 9.47 Å². The summed E-state index contributed by atoms with van der Waals surface area (Å²) in [7, 11) is 1.57. The average Bonchev–Trinajstić information content (AvgIpc) is 2.44. The van der Waals surface area contributed by atoms with E-state index in [1.54, 1.807) is 31.4 Å². The van der Waals surface area contributed by atoms with Crippen molar-refractivity contribution in [3.8, 4) is 5.75 Å². The lowest BCUT2D eigenvalue weighted by Gasteiger charge is -2.07. The van der Waals surface area contributed by atoms with Crippen LogP contribution in [0, 0.1) is 0 Å². The lowest BCUT2D eigenvalue weighted by atomic mass is 10.2. The fraction of sp³-hybridized carbons (Fsp3) is 0.333. The summed E-state index contributed by atoms with van der Waals surface area (Å²) in [5.41, 5.74) is 0.845. The standard InChI is InChI=1S/C15H19NO4/c1-12(17)6-7-13-4-3-5-14(10-13)20-11-15(18)16-8-9-19-2/h3-7,10H,8-9,11H2,1-2H3,(H,16,18)/b7-6+. The van der Waals surface area contributed by atoms with E-state index in [0.717, 1.165) is 5.56 Å². The van der Waals surface area contributed by atoms with Crippen molar-refractivity contribution in [3.63, 3.8) is 0 Å². The predicted molar refractivity (Wildman–Crippen MR) is 76.5 cm³/mol. The molecule has 108 valence electrons. The van der Waals surface area contributed by atoms with Crippen molar-refractivity contribution in [1.82, 2.24) is 5.32 Å². The first-order valence-electron chi connectivity index (χ1n) is 6.29. The zero-order chi connectivity index (χ0) is 14.8. The number of hydrogen-bond acceptors (Lipinski definition) is 4. The number of hydrogen-bond donors (Lipinski definition) is 1. The number of carbonyl (C=O) groups excluding carboxylic acids is 2. The van der Waals surface area contributed by atoms with Gasteiger partial charge < -0.3 is 14.8 Å². The Hall–Kier alpha value is -2.14. The second kappa shape index (κ2) is 8.87. The molecule has 0 bridgehead atoms. The summed E-state index contributed by atoms with van der Waals surface area (Å²) in [6.07, 6.45) is 3.18. The first-order valence-corrected chi connectivity index (χ1v) is 6.29. The van der Waals surface area contributed by atoms with Gasteiger partial charge in [-0.1, -0.05) is 18.2 Å². The highest BCUT2D eigenvalue weighted by Gasteiger charge is 2.02. The fourth-order valence-electron chi connectivity index (χ4n) is 1.41. The monoisotopic (exact) mass is 277 g/mol. The normalized spacial score (nSPS) is 10.5. The molecule has 1 amide bonds. The quantitative estimate of drug-likeness (QED) is 0.576. The second-order valence-corrected chi connectivity index (χ2v) is 4.15. The molecule has 5 nitrogen and oxygen atoms in total. The molecule has 0 heterocycles. The summed E-state index contributed by atoms with van der Waals surface area (Å²) in [4.78, 5) is 22.3. The Balaban J connectivity index is 2.46. The maximum atomic E-state index is 11.4. The molecule has 0 aliphatic heterocycles. The second-order valence-electron chi connectivity index (χ2n) is 4.15. The van der Waals surface area contributed by atoms with Crippen LogP contribution in [0.15, 0.2) is 30.3 Å². The van der Waals surface area contributed by atoms with E-state index in [1.165, 1.54) is 13.0 Å². The van der Waals surface area contributed by atoms with E-state index in [-0.39, 0.29) is 18.3 Å². The van der Waals surface area contributed by atoms with Crippen molar-refractivity contribution in [2.75, 3.05) is 26.9 Å². The van der Waals surface area contributed by atoms with E-state index in [2.05, 4.69) is 5.32 Å². The lowest BCUT2D eigenvalue weighted by Crippen LogP contribution is -2.31. The Morgan fingerprint density at radius 2 is 2.15 bits per heavy atom. The third-order valence-corrected chi connectivity index (χ3v) is 2.37. The molecule has 5 heteroatoms. The molecule has 0 saturated heterocycles. The molecule has 0 saturated carbocycles. The topological polar surface area (TPSA) is 64.6 Å².